The van der Waals surface area contributed by atoms with E-state index in [1.165, 1.54) is 5.57 Å². The Balaban J connectivity index is 2.66. The summed E-state index contributed by atoms with van der Waals surface area (Å²) < 4.78 is 13.7. The summed E-state index contributed by atoms with van der Waals surface area (Å²) in [6, 6.07) is 0. The highest BCUT2D eigenvalue weighted by Crippen LogP contribution is 2.20. The molecule has 1 rings (SSSR count). The minimum atomic E-state index is -0.772. The molecule has 0 aromatic heterocycles. The molecule has 0 bridgehead atoms. The van der Waals surface area contributed by atoms with Crippen LogP contribution < -0.4 is 0 Å². The quantitative estimate of drug-likeness (QED) is 0.497. The Labute approximate surface area is 74.3 Å². The molecule has 0 saturated heterocycles. The first kappa shape index (κ1) is 8.24. The van der Waals surface area contributed by atoms with Crippen molar-refractivity contribution in [3.63, 3.8) is 0 Å². The number of hydrogen-bond acceptors (Lipinski definition) is 0. The number of rotatable bonds is 1. The summed E-state index contributed by atoms with van der Waals surface area (Å²) in [7, 11) is 0. The van der Waals surface area contributed by atoms with Gasteiger partial charge < -0.3 is 0 Å². The smallest absolute Gasteiger partial charge is 0.125 e. The van der Waals surface area contributed by atoms with Gasteiger partial charge in [0.25, 0.3) is 0 Å². The highest BCUT2D eigenvalue weighted by molar-refractivity contribution is 14.1. The van der Waals surface area contributed by atoms with Crippen LogP contribution in [-0.4, -0.2) is 10.6 Å². The molecule has 0 aliphatic heterocycles. The first-order chi connectivity index (χ1) is 4.74. The fraction of sp³-hybridized carbons (Fsp3) is 0.500. The maximum absolute atomic E-state index is 12.8. The van der Waals surface area contributed by atoms with Crippen LogP contribution in [0, 0.1) is 5.92 Å². The van der Waals surface area contributed by atoms with Gasteiger partial charge in [0.2, 0.25) is 0 Å². The van der Waals surface area contributed by atoms with Crippen LogP contribution in [0.25, 0.3) is 0 Å². The van der Waals surface area contributed by atoms with Gasteiger partial charge in [-0.05, 0) is 11.6 Å². The van der Waals surface area contributed by atoms with E-state index >= 15 is 0 Å². The van der Waals surface area contributed by atoms with Crippen LogP contribution in [0.15, 0.2) is 23.8 Å². The Morgan fingerprint density at radius 1 is 1.70 bits per heavy atom. The standard InChI is InChI=1S/C8H10FI/c1-6-4-7(5-10)2-3-8(6)9/h2-4,6,8H,5H2,1H3/t6-,8?/m0/s1. The minimum Gasteiger partial charge on any atom is -0.242 e. The highest BCUT2D eigenvalue weighted by Gasteiger charge is 2.14. The molecule has 0 fully saturated rings. The molecular weight excluding hydrogens is 242 g/mol. The summed E-state index contributed by atoms with van der Waals surface area (Å²) in [6.45, 7) is 1.90. The molecule has 0 spiro atoms. The van der Waals surface area contributed by atoms with Gasteiger partial charge in [-0.1, -0.05) is 41.7 Å². The van der Waals surface area contributed by atoms with E-state index in [9.17, 15) is 4.39 Å². The third kappa shape index (κ3) is 1.81. The molecule has 2 heteroatoms. The van der Waals surface area contributed by atoms with Crippen LogP contribution in [0.5, 0.6) is 0 Å². The number of hydrogen-bond donors (Lipinski definition) is 0. The van der Waals surface area contributed by atoms with Crippen molar-refractivity contribution in [3.05, 3.63) is 23.8 Å². The van der Waals surface area contributed by atoms with Crippen LogP contribution in [0.3, 0.4) is 0 Å². The molecular formula is C8H10FI. The van der Waals surface area contributed by atoms with Gasteiger partial charge in [0.05, 0.1) is 0 Å². The molecule has 0 nitrogen and oxygen atoms in total. The van der Waals surface area contributed by atoms with Crippen LogP contribution in [0.1, 0.15) is 6.92 Å². The summed E-state index contributed by atoms with van der Waals surface area (Å²) in [6.07, 6.45) is 4.74. The van der Waals surface area contributed by atoms with Crippen LogP contribution in [0.2, 0.25) is 0 Å². The van der Waals surface area contributed by atoms with Crippen molar-refractivity contribution in [2.45, 2.75) is 13.1 Å². The molecule has 0 N–H and O–H groups in total. The molecule has 0 aromatic carbocycles. The second-order valence-electron chi connectivity index (χ2n) is 2.54. The molecule has 0 amide bonds. The summed E-state index contributed by atoms with van der Waals surface area (Å²) in [5.74, 6) is 0.0646. The first-order valence-corrected chi connectivity index (χ1v) is 4.85. The van der Waals surface area contributed by atoms with Crippen molar-refractivity contribution in [2.75, 3.05) is 4.43 Å². The van der Waals surface area contributed by atoms with E-state index in [2.05, 4.69) is 22.6 Å². The zero-order valence-corrected chi connectivity index (χ0v) is 8.01. The molecule has 0 heterocycles. The van der Waals surface area contributed by atoms with E-state index in [1.807, 2.05) is 19.1 Å². The maximum atomic E-state index is 12.8. The molecule has 1 unspecified atom stereocenters. The van der Waals surface area contributed by atoms with Gasteiger partial charge in [0.1, 0.15) is 6.17 Å². The zero-order chi connectivity index (χ0) is 7.56. The van der Waals surface area contributed by atoms with Crippen molar-refractivity contribution in [3.8, 4) is 0 Å². The van der Waals surface area contributed by atoms with E-state index in [4.69, 9.17) is 0 Å². The van der Waals surface area contributed by atoms with Gasteiger partial charge in [-0.2, -0.15) is 0 Å². The van der Waals surface area contributed by atoms with Crippen molar-refractivity contribution in [1.29, 1.82) is 0 Å². The number of halogens is 2. The fourth-order valence-electron chi connectivity index (χ4n) is 0.965. The molecule has 56 valence electrons. The van der Waals surface area contributed by atoms with Crippen LogP contribution in [0.4, 0.5) is 4.39 Å². The Morgan fingerprint density at radius 3 is 2.90 bits per heavy atom. The van der Waals surface area contributed by atoms with Gasteiger partial charge in [-0.15, -0.1) is 0 Å². The molecule has 2 atom stereocenters. The van der Waals surface area contributed by atoms with E-state index in [0.29, 0.717) is 0 Å². The zero-order valence-electron chi connectivity index (χ0n) is 5.85. The van der Waals surface area contributed by atoms with Crippen molar-refractivity contribution in [2.24, 2.45) is 5.92 Å². The Hall–Kier alpha value is 0.140. The molecule has 0 aromatic rings. The molecule has 1 aliphatic rings. The van der Waals surface area contributed by atoms with Crippen LogP contribution >= 0.6 is 22.6 Å². The van der Waals surface area contributed by atoms with E-state index in [-0.39, 0.29) is 5.92 Å². The second-order valence-corrected chi connectivity index (χ2v) is 3.30. The normalized spacial score (nSPS) is 32.1. The van der Waals surface area contributed by atoms with Crippen molar-refractivity contribution < 1.29 is 4.39 Å². The lowest BCUT2D eigenvalue weighted by molar-refractivity contribution is 0.333. The predicted molar refractivity (Wildman–Crippen MR) is 50.2 cm³/mol. The van der Waals surface area contributed by atoms with Crippen LogP contribution in [-0.2, 0) is 0 Å². The first-order valence-electron chi connectivity index (χ1n) is 3.33. The highest BCUT2D eigenvalue weighted by atomic mass is 127. The van der Waals surface area contributed by atoms with Crippen molar-refractivity contribution in [1.82, 2.24) is 0 Å². The average molecular weight is 252 g/mol. The fourth-order valence-corrected chi connectivity index (χ4v) is 1.47. The summed E-state index contributed by atoms with van der Waals surface area (Å²) in [4.78, 5) is 0. The molecule has 10 heavy (non-hydrogen) atoms. The SMILES string of the molecule is C[C@H]1C=C(CI)C=CC1F. The molecule has 0 saturated carbocycles. The summed E-state index contributed by atoms with van der Waals surface area (Å²) >= 11 is 2.28. The third-order valence-corrected chi connectivity index (χ3v) is 2.51. The van der Waals surface area contributed by atoms with Gasteiger partial charge in [0.15, 0.2) is 0 Å². The summed E-state index contributed by atoms with van der Waals surface area (Å²) in [5.41, 5.74) is 1.24. The Morgan fingerprint density at radius 2 is 2.40 bits per heavy atom. The monoisotopic (exact) mass is 252 g/mol. The largest absolute Gasteiger partial charge is 0.242 e. The lowest BCUT2D eigenvalue weighted by Crippen LogP contribution is -2.11. The third-order valence-electron chi connectivity index (χ3n) is 1.63. The summed E-state index contributed by atoms with van der Waals surface area (Å²) in [5, 5.41) is 0. The topological polar surface area (TPSA) is 0 Å². The average Bonchev–Trinajstić information content (AvgIpc) is 1.95. The maximum Gasteiger partial charge on any atom is 0.125 e. The number of allylic oxidation sites excluding steroid dienone is 4. The van der Waals surface area contributed by atoms with E-state index in [1.54, 1.807) is 6.08 Å². The van der Waals surface area contributed by atoms with Gasteiger partial charge in [0, 0.05) is 10.3 Å². The lowest BCUT2D eigenvalue weighted by Gasteiger charge is -2.14. The predicted octanol–water partition coefficient (Wildman–Crippen LogP) is 2.89. The Kier molecular flexibility index (Phi) is 2.89. The van der Waals surface area contributed by atoms with Gasteiger partial charge in [-0.3, -0.25) is 0 Å². The molecule has 0 radical (unpaired) electrons. The number of alkyl halides is 2. The molecule has 1 aliphatic carbocycles. The van der Waals surface area contributed by atoms with Gasteiger partial charge in [-0.25, -0.2) is 4.39 Å². The van der Waals surface area contributed by atoms with E-state index < -0.39 is 6.17 Å². The van der Waals surface area contributed by atoms with Crippen molar-refractivity contribution >= 4 is 22.6 Å². The van der Waals surface area contributed by atoms with Gasteiger partial charge >= 0.3 is 0 Å². The van der Waals surface area contributed by atoms with E-state index in [0.717, 1.165) is 4.43 Å². The minimum absolute atomic E-state index is 0.0646. The Bertz CT molecular complexity index is 172. The second kappa shape index (κ2) is 3.51. The lowest BCUT2D eigenvalue weighted by atomic mass is 9.97.